The summed E-state index contributed by atoms with van der Waals surface area (Å²) in [5, 5.41) is 8.46. The maximum absolute atomic E-state index is 13.8. The Hall–Kier alpha value is -2.34. The SMILES string of the molecule is CC(Sc1ccccc1C(=O)N1CCc2c(F)cccc2C1)C(=O)O. The summed E-state index contributed by atoms with van der Waals surface area (Å²) in [5.41, 5.74) is 1.98. The molecule has 2 aromatic carbocycles. The van der Waals surface area contributed by atoms with Crippen molar-refractivity contribution >= 4 is 23.6 Å². The number of amides is 1. The molecule has 0 aliphatic carbocycles. The number of carboxylic acids is 1. The van der Waals surface area contributed by atoms with E-state index in [1.54, 1.807) is 42.2 Å². The van der Waals surface area contributed by atoms with Gasteiger partial charge in [0.2, 0.25) is 0 Å². The van der Waals surface area contributed by atoms with Crippen LogP contribution in [0.5, 0.6) is 0 Å². The van der Waals surface area contributed by atoms with Crippen LogP contribution in [0.15, 0.2) is 47.4 Å². The van der Waals surface area contributed by atoms with E-state index in [1.165, 1.54) is 6.07 Å². The van der Waals surface area contributed by atoms with Crippen LogP contribution in [0.1, 0.15) is 28.4 Å². The van der Waals surface area contributed by atoms with Crippen molar-refractivity contribution in [1.82, 2.24) is 4.90 Å². The predicted molar refractivity (Wildman–Crippen MR) is 94.2 cm³/mol. The number of benzene rings is 2. The lowest BCUT2D eigenvalue weighted by atomic mass is 9.98. The van der Waals surface area contributed by atoms with Crippen LogP contribution in [0.3, 0.4) is 0 Å². The minimum absolute atomic E-state index is 0.157. The molecule has 1 aliphatic heterocycles. The van der Waals surface area contributed by atoms with E-state index in [4.69, 9.17) is 5.11 Å². The van der Waals surface area contributed by atoms with E-state index in [2.05, 4.69) is 0 Å². The smallest absolute Gasteiger partial charge is 0.316 e. The summed E-state index contributed by atoms with van der Waals surface area (Å²) in [4.78, 5) is 26.4. The number of halogens is 1. The molecule has 1 N–H and O–H groups in total. The molecule has 0 saturated heterocycles. The Morgan fingerprint density at radius 2 is 1.96 bits per heavy atom. The van der Waals surface area contributed by atoms with Crippen molar-refractivity contribution in [2.45, 2.75) is 30.0 Å². The number of carboxylic acid groups (broad SMARTS) is 1. The average Bonchev–Trinajstić information content (AvgIpc) is 2.61. The second-order valence-corrected chi connectivity index (χ2v) is 7.33. The number of nitrogens with zero attached hydrogens (tertiary/aromatic N) is 1. The summed E-state index contributed by atoms with van der Waals surface area (Å²) in [5.74, 6) is -1.30. The first-order valence-corrected chi connectivity index (χ1v) is 8.89. The summed E-state index contributed by atoms with van der Waals surface area (Å²) in [6, 6.07) is 11.9. The summed E-state index contributed by atoms with van der Waals surface area (Å²) < 4.78 is 13.8. The molecule has 1 amide bonds. The van der Waals surface area contributed by atoms with Crippen LogP contribution in [0.25, 0.3) is 0 Å². The minimum Gasteiger partial charge on any atom is -0.480 e. The van der Waals surface area contributed by atoms with Crippen LogP contribution in [-0.4, -0.2) is 33.7 Å². The highest BCUT2D eigenvalue weighted by molar-refractivity contribution is 8.00. The number of rotatable bonds is 4. The third-order valence-corrected chi connectivity index (χ3v) is 5.43. The van der Waals surface area contributed by atoms with Gasteiger partial charge >= 0.3 is 5.97 Å². The Morgan fingerprint density at radius 1 is 1.20 bits per heavy atom. The van der Waals surface area contributed by atoms with Crippen molar-refractivity contribution in [3.63, 3.8) is 0 Å². The van der Waals surface area contributed by atoms with Crippen LogP contribution in [-0.2, 0) is 17.8 Å². The largest absolute Gasteiger partial charge is 0.480 e. The van der Waals surface area contributed by atoms with Crippen molar-refractivity contribution in [2.75, 3.05) is 6.54 Å². The zero-order valence-electron chi connectivity index (χ0n) is 13.7. The molecule has 2 aromatic rings. The molecule has 4 nitrogen and oxygen atoms in total. The standard InChI is InChI=1S/C19H18FNO3S/c1-12(19(23)24)25-17-8-3-2-6-15(17)18(22)21-10-9-14-13(11-21)5-4-7-16(14)20/h2-8,12H,9-11H2,1H3,(H,23,24). The molecule has 1 unspecified atom stereocenters. The molecule has 130 valence electrons. The van der Waals surface area contributed by atoms with Gasteiger partial charge in [-0.05, 0) is 42.7 Å². The normalized spacial score (nSPS) is 14.7. The fraction of sp³-hybridized carbons (Fsp3) is 0.263. The quantitative estimate of drug-likeness (QED) is 0.848. The van der Waals surface area contributed by atoms with Crippen LogP contribution in [0.2, 0.25) is 0 Å². The number of hydrogen-bond donors (Lipinski definition) is 1. The average molecular weight is 359 g/mol. The molecule has 3 rings (SSSR count). The lowest BCUT2D eigenvalue weighted by molar-refractivity contribution is -0.136. The molecule has 0 spiro atoms. The zero-order valence-corrected chi connectivity index (χ0v) is 14.6. The fourth-order valence-electron chi connectivity index (χ4n) is 2.89. The van der Waals surface area contributed by atoms with Gasteiger partial charge in [-0.3, -0.25) is 9.59 Å². The maximum atomic E-state index is 13.8. The Bertz CT molecular complexity index is 824. The van der Waals surface area contributed by atoms with E-state index in [0.29, 0.717) is 35.5 Å². The Kier molecular flexibility index (Phi) is 5.08. The molecule has 1 atom stereocenters. The van der Waals surface area contributed by atoms with Crippen LogP contribution < -0.4 is 0 Å². The Balaban J connectivity index is 1.84. The third-order valence-electron chi connectivity index (χ3n) is 4.26. The van der Waals surface area contributed by atoms with Gasteiger partial charge in [-0.15, -0.1) is 11.8 Å². The second kappa shape index (κ2) is 7.27. The molecule has 0 fully saturated rings. The molecule has 25 heavy (non-hydrogen) atoms. The molecule has 6 heteroatoms. The van der Waals surface area contributed by atoms with Gasteiger partial charge in [-0.2, -0.15) is 0 Å². The number of carbonyl (C=O) groups excluding carboxylic acids is 1. The number of thioether (sulfide) groups is 1. The molecule has 0 radical (unpaired) electrons. The first-order valence-electron chi connectivity index (χ1n) is 8.01. The van der Waals surface area contributed by atoms with Crippen molar-refractivity contribution < 1.29 is 19.1 Å². The van der Waals surface area contributed by atoms with Crippen molar-refractivity contribution in [1.29, 1.82) is 0 Å². The highest BCUT2D eigenvalue weighted by Gasteiger charge is 2.26. The summed E-state index contributed by atoms with van der Waals surface area (Å²) >= 11 is 1.15. The number of fused-ring (bicyclic) bond motifs is 1. The minimum atomic E-state index is -0.922. The molecule has 1 aliphatic rings. The predicted octanol–water partition coefficient (Wildman–Crippen LogP) is 3.59. The highest BCUT2D eigenvalue weighted by atomic mass is 32.2. The molecule has 0 saturated carbocycles. The van der Waals surface area contributed by atoms with E-state index in [1.807, 2.05) is 6.07 Å². The van der Waals surface area contributed by atoms with Crippen molar-refractivity contribution in [3.05, 3.63) is 65.0 Å². The molecule has 0 bridgehead atoms. The second-order valence-electron chi connectivity index (χ2n) is 5.95. The van der Waals surface area contributed by atoms with Gasteiger partial charge in [-0.25, -0.2) is 4.39 Å². The van der Waals surface area contributed by atoms with Crippen molar-refractivity contribution in [3.8, 4) is 0 Å². The molecular weight excluding hydrogens is 341 g/mol. The van der Waals surface area contributed by atoms with Gasteiger partial charge in [-0.1, -0.05) is 24.3 Å². The van der Waals surface area contributed by atoms with Gasteiger partial charge in [0.1, 0.15) is 11.1 Å². The monoisotopic (exact) mass is 359 g/mol. The Morgan fingerprint density at radius 3 is 2.72 bits per heavy atom. The van der Waals surface area contributed by atoms with Crippen LogP contribution in [0.4, 0.5) is 4.39 Å². The zero-order chi connectivity index (χ0) is 18.0. The topological polar surface area (TPSA) is 57.6 Å². The van der Waals surface area contributed by atoms with Crippen LogP contribution in [0, 0.1) is 5.82 Å². The van der Waals surface area contributed by atoms with Gasteiger partial charge < -0.3 is 10.0 Å². The summed E-state index contributed by atoms with van der Waals surface area (Å²) in [7, 11) is 0. The number of hydrogen-bond acceptors (Lipinski definition) is 3. The van der Waals surface area contributed by atoms with Gasteiger partial charge in [0.15, 0.2) is 0 Å². The Labute approximate surface area is 149 Å². The van der Waals surface area contributed by atoms with Crippen molar-refractivity contribution in [2.24, 2.45) is 0 Å². The lowest BCUT2D eigenvalue weighted by Gasteiger charge is -2.29. The third kappa shape index (κ3) is 3.69. The fourth-order valence-corrected chi connectivity index (χ4v) is 3.81. The van der Waals surface area contributed by atoms with E-state index in [0.717, 1.165) is 17.3 Å². The molecule has 1 heterocycles. The van der Waals surface area contributed by atoms with E-state index < -0.39 is 11.2 Å². The number of aliphatic carboxylic acids is 1. The van der Waals surface area contributed by atoms with Gasteiger partial charge in [0.25, 0.3) is 5.91 Å². The summed E-state index contributed by atoms with van der Waals surface area (Å²) in [6.45, 7) is 2.40. The number of carbonyl (C=O) groups is 2. The van der Waals surface area contributed by atoms with Crippen LogP contribution >= 0.6 is 11.8 Å². The molecule has 0 aromatic heterocycles. The lowest BCUT2D eigenvalue weighted by Crippen LogP contribution is -2.36. The van der Waals surface area contributed by atoms with E-state index in [9.17, 15) is 14.0 Å². The first kappa shape index (κ1) is 17.5. The molecular formula is C19H18FNO3S. The van der Waals surface area contributed by atoms with E-state index >= 15 is 0 Å². The van der Waals surface area contributed by atoms with Gasteiger partial charge in [0, 0.05) is 18.0 Å². The first-order chi connectivity index (χ1) is 12.0. The maximum Gasteiger partial charge on any atom is 0.316 e. The van der Waals surface area contributed by atoms with Gasteiger partial charge in [0.05, 0.1) is 5.56 Å². The summed E-state index contributed by atoms with van der Waals surface area (Å²) in [6.07, 6.45) is 0.481. The highest BCUT2D eigenvalue weighted by Crippen LogP contribution is 2.29. The van der Waals surface area contributed by atoms with E-state index in [-0.39, 0.29) is 11.7 Å².